The van der Waals surface area contributed by atoms with E-state index in [-0.39, 0.29) is 43.1 Å². The highest BCUT2D eigenvalue weighted by molar-refractivity contribution is 6.06. The van der Waals surface area contributed by atoms with Crippen LogP contribution in [0.1, 0.15) is 79.7 Å². The van der Waals surface area contributed by atoms with Gasteiger partial charge in [0.15, 0.2) is 12.4 Å². The van der Waals surface area contributed by atoms with Crippen LogP contribution in [0.5, 0.6) is 0 Å². The molecule has 0 saturated carbocycles. The Balaban J connectivity index is 1.79. The van der Waals surface area contributed by atoms with Gasteiger partial charge in [-0.05, 0) is 64.0 Å². The number of rotatable bonds is 11. The highest BCUT2D eigenvalue weighted by Crippen LogP contribution is 2.23. The average Bonchev–Trinajstić information content (AvgIpc) is 3.18. The summed E-state index contributed by atoms with van der Waals surface area (Å²) in [7, 11) is 0. The van der Waals surface area contributed by atoms with E-state index in [2.05, 4.69) is 15.6 Å². The number of ether oxygens (including phenoxy) is 1. The molecule has 3 atom stereocenters. The predicted molar refractivity (Wildman–Crippen MR) is 140 cm³/mol. The fourth-order valence-electron chi connectivity index (χ4n) is 5.24. The van der Waals surface area contributed by atoms with Crippen molar-refractivity contribution in [2.45, 2.75) is 85.2 Å². The van der Waals surface area contributed by atoms with E-state index in [9.17, 15) is 28.8 Å². The number of piperidine rings is 1. The van der Waals surface area contributed by atoms with Gasteiger partial charge in [-0.25, -0.2) is 4.79 Å². The molecule has 4 amide bonds. The molecule has 0 unspecified atom stereocenters. The largest absolute Gasteiger partial charge is 0.454 e. The number of aryl methyl sites for hydroxylation is 3. The molecule has 0 radical (unpaired) electrons. The van der Waals surface area contributed by atoms with Gasteiger partial charge >= 0.3 is 5.97 Å². The van der Waals surface area contributed by atoms with Crippen molar-refractivity contribution in [1.29, 1.82) is 0 Å². The number of hydrogen-bond acceptors (Lipinski definition) is 8. The van der Waals surface area contributed by atoms with Crippen LogP contribution in [0.2, 0.25) is 0 Å². The summed E-state index contributed by atoms with van der Waals surface area (Å²) >= 11 is 0. The van der Waals surface area contributed by atoms with Crippen molar-refractivity contribution in [2.75, 3.05) is 13.2 Å². The van der Waals surface area contributed by atoms with Crippen molar-refractivity contribution in [3.8, 4) is 0 Å². The standard InChI is InChI=1S/C28H38N4O7/c1-15(2)11-21(32-23(34)8-9-24(32)35)27(37)31-20(13-19-7-6-10-29-26(19)36)22(33)14-39-28(38)25-16(3)12-17(4)30-18(25)5/h12,15,19-21H,6-11,13-14H2,1-5H3,(H,29,36)(H,31,37)/t19-,20-,21-/m0/s1. The minimum absolute atomic E-state index is 0.00832. The summed E-state index contributed by atoms with van der Waals surface area (Å²) in [5.41, 5.74) is 2.16. The summed E-state index contributed by atoms with van der Waals surface area (Å²) in [6, 6.07) is -0.485. The molecular weight excluding hydrogens is 504 g/mol. The SMILES string of the molecule is Cc1cc(C)c(C(=O)OCC(=O)[C@H](C[C@@H]2CCCNC2=O)NC(=O)[C@H](CC(C)C)N2C(=O)CCC2=O)c(C)n1. The number of esters is 1. The second-order valence-electron chi connectivity index (χ2n) is 10.8. The number of hydrogen-bond donors (Lipinski definition) is 2. The van der Waals surface area contributed by atoms with Crippen molar-refractivity contribution in [3.05, 3.63) is 28.6 Å². The Labute approximate surface area is 228 Å². The topological polar surface area (TPSA) is 152 Å². The molecule has 39 heavy (non-hydrogen) atoms. The van der Waals surface area contributed by atoms with E-state index in [4.69, 9.17) is 4.74 Å². The van der Waals surface area contributed by atoms with Crippen LogP contribution in [0.15, 0.2) is 6.07 Å². The lowest BCUT2D eigenvalue weighted by Crippen LogP contribution is -2.55. The number of imide groups is 1. The number of pyridine rings is 1. The Bertz CT molecular complexity index is 1120. The molecule has 2 saturated heterocycles. The Hall–Kier alpha value is -3.63. The van der Waals surface area contributed by atoms with E-state index in [1.165, 1.54) is 0 Å². The molecule has 212 valence electrons. The van der Waals surface area contributed by atoms with Gasteiger partial charge in [0.05, 0.1) is 17.3 Å². The smallest absolute Gasteiger partial charge is 0.340 e. The number of likely N-dealkylation sites (tertiary alicyclic amines) is 1. The summed E-state index contributed by atoms with van der Waals surface area (Å²) in [6.45, 7) is 8.88. The Morgan fingerprint density at radius 2 is 1.79 bits per heavy atom. The lowest BCUT2D eigenvalue weighted by Gasteiger charge is -2.30. The number of carbonyl (C=O) groups excluding carboxylic acids is 6. The van der Waals surface area contributed by atoms with Crippen LogP contribution in [0, 0.1) is 32.6 Å². The first-order valence-electron chi connectivity index (χ1n) is 13.5. The maximum Gasteiger partial charge on any atom is 0.340 e. The van der Waals surface area contributed by atoms with Crippen molar-refractivity contribution in [3.63, 3.8) is 0 Å². The number of nitrogens with one attached hydrogen (secondary N) is 2. The lowest BCUT2D eigenvalue weighted by molar-refractivity contribution is -0.147. The molecule has 2 fully saturated rings. The van der Waals surface area contributed by atoms with Crippen molar-refractivity contribution >= 4 is 35.4 Å². The van der Waals surface area contributed by atoms with E-state index in [1.54, 1.807) is 19.9 Å². The molecule has 11 heteroatoms. The summed E-state index contributed by atoms with van der Waals surface area (Å²) in [6.07, 6.45) is 1.57. The van der Waals surface area contributed by atoms with Gasteiger partial charge in [0, 0.05) is 31.0 Å². The second-order valence-corrected chi connectivity index (χ2v) is 10.8. The number of aromatic nitrogens is 1. The van der Waals surface area contributed by atoms with Gasteiger partial charge in [0.2, 0.25) is 23.6 Å². The quantitative estimate of drug-likeness (QED) is 0.317. The number of ketones is 1. The fourth-order valence-corrected chi connectivity index (χ4v) is 5.24. The molecule has 0 spiro atoms. The van der Waals surface area contributed by atoms with Gasteiger partial charge < -0.3 is 15.4 Å². The molecule has 0 bridgehead atoms. The Kier molecular flexibility index (Phi) is 9.93. The molecule has 1 aromatic rings. The molecule has 0 aliphatic carbocycles. The van der Waals surface area contributed by atoms with Crippen LogP contribution in [-0.2, 0) is 28.7 Å². The minimum atomic E-state index is -1.15. The highest BCUT2D eigenvalue weighted by Gasteiger charge is 2.40. The molecule has 2 aliphatic rings. The van der Waals surface area contributed by atoms with E-state index in [1.807, 2.05) is 20.8 Å². The summed E-state index contributed by atoms with van der Waals surface area (Å²) < 4.78 is 5.33. The zero-order valence-electron chi connectivity index (χ0n) is 23.3. The second kappa shape index (κ2) is 12.9. The third-order valence-electron chi connectivity index (χ3n) is 7.10. The Morgan fingerprint density at radius 1 is 1.13 bits per heavy atom. The van der Waals surface area contributed by atoms with Crippen LogP contribution in [0.25, 0.3) is 0 Å². The normalized spacial score (nSPS) is 19.1. The molecule has 3 heterocycles. The zero-order valence-corrected chi connectivity index (χ0v) is 23.3. The monoisotopic (exact) mass is 542 g/mol. The summed E-state index contributed by atoms with van der Waals surface area (Å²) in [5, 5.41) is 5.45. The maximum absolute atomic E-state index is 13.4. The first-order chi connectivity index (χ1) is 18.4. The van der Waals surface area contributed by atoms with Crippen LogP contribution < -0.4 is 10.6 Å². The van der Waals surface area contributed by atoms with Gasteiger partial charge in [-0.1, -0.05) is 13.8 Å². The molecular formula is C28H38N4O7. The minimum Gasteiger partial charge on any atom is -0.454 e. The molecule has 0 aromatic carbocycles. The van der Waals surface area contributed by atoms with E-state index in [0.717, 1.165) is 17.0 Å². The zero-order chi connectivity index (χ0) is 28.9. The third kappa shape index (κ3) is 7.48. The highest BCUT2D eigenvalue weighted by atomic mass is 16.5. The maximum atomic E-state index is 13.4. The van der Waals surface area contributed by atoms with E-state index in [0.29, 0.717) is 24.2 Å². The predicted octanol–water partition coefficient (Wildman–Crippen LogP) is 1.70. The molecule has 2 aliphatic heterocycles. The molecule has 11 nitrogen and oxygen atoms in total. The van der Waals surface area contributed by atoms with E-state index < -0.39 is 54.1 Å². The van der Waals surface area contributed by atoms with Gasteiger partial charge in [0.1, 0.15) is 6.04 Å². The van der Waals surface area contributed by atoms with Gasteiger partial charge in [-0.3, -0.25) is 33.9 Å². The molecule has 2 N–H and O–H groups in total. The van der Waals surface area contributed by atoms with Gasteiger partial charge in [0.25, 0.3) is 0 Å². The van der Waals surface area contributed by atoms with Crippen molar-refractivity contribution in [2.24, 2.45) is 11.8 Å². The first kappa shape index (κ1) is 29.9. The average molecular weight is 543 g/mol. The Morgan fingerprint density at radius 3 is 2.38 bits per heavy atom. The number of amides is 4. The van der Waals surface area contributed by atoms with Crippen LogP contribution in [-0.4, -0.2) is 70.5 Å². The van der Waals surface area contributed by atoms with Gasteiger partial charge in [-0.15, -0.1) is 0 Å². The molecule has 3 rings (SSSR count). The van der Waals surface area contributed by atoms with E-state index >= 15 is 0 Å². The van der Waals surface area contributed by atoms with Crippen molar-refractivity contribution in [1.82, 2.24) is 20.5 Å². The molecule has 1 aromatic heterocycles. The number of nitrogens with zero attached hydrogens (tertiary/aromatic N) is 2. The van der Waals surface area contributed by atoms with Crippen molar-refractivity contribution < 1.29 is 33.5 Å². The van der Waals surface area contributed by atoms with Crippen LogP contribution in [0.4, 0.5) is 0 Å². The van der Waals surface area contributed by atoms with Gasteiger partial charge in [-0.2, -0.15) is 0 Å². The fraction of sp³-hybridized carbons (Fsp3) is 0.607. The summed E-state index contributed by atoms with van der Waals surface area (Å²) in [4.78, 5) is 82.2. The van der Waals surface area contributed by atoms with Crippen LogP contribution in [0.3, 0.4) is 0 Å². The third-order valence-corrected chi connectivity index (χ3v) is 7.10. The van der Waals surface area contributed by atoms with Crippen LogP contribution >= 0.6 is 0 Å². The summed E-state index contributed by atoms with van der Waals surface area (Å²) in [5.74, 6) is -3.56. The first-order valence-corrected chi connectivity index (χ1v) is 13.5. The number of Topliss-reactive ketones (excluding diaryl/α,β-unsaturated/α-hetero) is 1. The lowest BCUT2D eigenvalue weighted by atomic mass is 9.89. The number of carbonyl (C=O) groups is 6.